The quantitative estimate of drug-likeness (QED) is 0.792. The first kappa shape index (κ1) is 12.7. The van der Waals surface area contributed by atoms with Crippen LogP contribution >= 0.6 is 0 Å². The summed E-state index contributed by atoms with van der Waals surface area (Å²) in [6, 6.07) is 12.4. The zero-order valence-corrected chi connectivity index (χ0v) is 11.0. The molecule has 3 nitrogen and oxygen atoms in total. The molecule has 0 aliphatic rings. The lowest BCUT2D eigenvalue weighted by atomic mass is 9.97. The Morgan fingerprint density at radius 3 is 2.50 bits per heavy atom. The second kappa shape index (κ2) is 5.35. The van der Waals surface area contributed by atoms with Crippen molar-refractivity contribution in [3.8, 4) is 0 Å². The second-order valence-corrected chi connectivity index (χ2v) is 4.54. The first-order valence-corrected chi connectivity index (χ1v) is 6.42. The molecule has 0 amide bonds. The first-order valence-electron chi connectivity index (χ1n) is 6.42. The molecule has 20 heavy (non-hydrogen) atoms. The van der Waals surface area contributed by atoms with Crippen molar-refractivity contribution < 1.29 is 4.39 Å². The molecule has 0 bridgehead atoms. The third kappa shape index (κ3) is 2.26. The Hall–Kier alpha value is -2.33. The van der Waals surface area contributed by atoms with Crippen LogP contribution in [-0.2, 0) is 0 Å². The van der Waals surface area contributed by atoms with E-state index in [1.807, 2.05) is 25.2 Å². The van der Waals surface area contributed by atoms with Crippen molar-refractivity contribution in [2.45, 2.75) is 6.04 Å². The molecule has 3 aromatic rings. The van der Waals surface area contributed by atoms with Crippen molar-refractivity contribution in [1.82, 2.24) is 15.3 Å². The topological polar surface area (TPSA) is 37.8 Å². The molecule has 0 saturated carbocycles. The molecular formula is C16H14FN3. The fraction of sp³-hybridized carbons (Fsp3) is 0.125. The van der Waals surface area contributed by atoms with Crippen LogP contribution in [0.2, 0.25) is 0 Å². The minimum absolute atomic E-state index is 0.0454. The van der Waals surface area contributed by atoms with Crippen LogP contribution in [0.25, 0.3) is 11.0 Å². The molecule has 0 spiro atoms. The van der Waals surface area contributed by atoms with Gasteiger partial charge in [-0.1, -0.05) is 24.3 Å². The molecule has 1 atom stereocenters. The van der Waals surface area contributed by atoms with Crippen LogP contribution in [0.4, 0.5) is 4.39 Å². The van der Waals surface area contributed by atoms with Crippen LogP contribution in [0.1, 0.15) is 17.2 Å². The molecule has 1 unspecified atom stereocenters. The molecule has 0 aliphatic heterocycles. The molecule has 1 heterocycles. The van der Waals surface area contributed by atoms with Crippen LogP contribution in [0.5, 0.6) is 0 Å². The van der Waals surface area contributed by atoms with Crippen LogP contribution in [0, 0.1) is 5.82 Å². The highest BCUT2D eigenvalue weighted by Gasteiger charge is 2.15. The maximum Gasteiger partial charge on any atom is 0.123 e. The number of para-hydroxylation sites is 1. The van der Waals surface area contributed by atoms with E-state index < -0.39 is 0 Å². The SMILES string of the molecule is CNC(c1ccc(F)cc1)c1cccc2nccnc12. The standard InChI is InChI=1S/C16H14FN3/c1-18-15(11-5-7-12(17)8-6-11)13-3-2-4-14-16(13)20-10-9-19-14/h2-10,15,18H,1H3. The highest BCUT2D eigenvalue weighted by Crippen LogP contribution is 2.26. The van der Waals surface area contributed by atoms with Gasteiger partial charge in [-0.2, -0.15) is 0 Å². The summed E-state index contributed by atoms with van der Waals surface area (Å²) < 4.78 is 13.1. The van der Waals surface area contributed by atoms with E-state index in [1.54, 1.807) is 24.5 Å². The monoisotopic (exact) mass is 267 g/mol. The lowest BCUT2D eigenvalue weighted by molar-refractivity contribution is 0.623. The molecule has 0 aliphatic carbocycles. The van der Waals surface area contributed by atoms with Gasteiger partial charge in [-0.05, 0) is 30.8 Å². The molecule has 0 radical (unpaired) electrons. The average molecular weight is 267 g/mol. The lowest BCUT2D eigenvalue weighted by Crippen LogP contribution is -2.18. The Balaban J connectivity index is 2.14. The van der Waals surface area contributed by atoms with E-state index in [0.717, 1.165) is 22.2 Å². The Morgan fingerprint density at radius 2 is 1.75 bits per heavy atom. The Morgan fingerprint density at radius 1 is 1.00 bits per heavy atom. The van der Waals surface area contributed by atoms with Crippen molar-refractivity contribution in [1.29, 1.82) is 0 Å². The van der Waals surface area contributed by atoms with Gasteiger partial charge in [0, 0.05) is 18.0 Å². The van der Waals surface area contributed by atoms with E-state index in [4.69, 9.17) is 0 Å². The minimum Gasteiger partial charge on any atom is -0.309 e. The molecule has 2 aromatic carbocycles. The van der Waals surface area contributed by atoms with Gasteiger partial charge in [-0.3, -0.25) is 9.97 Å². The Kier molecular flexibility index (Phi) is 3.39. The molecule has 3 rings (SSSR count). The van der Waals surface area contributed by atoms with Crippen molar-refractivity contribution in [3.05, 3.63) is 71.8 Å². The third-order valence-electron chi connectivity index (χ3n) is 3.33. The lowest BCUT2D eigenvalue weighted by Gasteiger charge is -2.18. The summed E-state index contributed by atoms with van der Waals surface area (Å²) >= 11 is 0. The molecule has 4 heteroatoms. The van der Waals surface area contributed by atoms with Crippen LogP contribution in [0.15, 0.2) is 54.9 Å². The molecule has 0 fully saturated rings. The highest BCUT2D eigenvalue weighted by atomic mass is 19.1. The number of halogens is 1. The van der Waals surface area contributed by atoms with Gasteiger partial charge in [0.1, 0.15) is 5.82 Å². The van der Waals surface area contributed by atoms with Crippen LogP contribution in [-0.4, -0.2) is 17.0 Å². The number of fused-ring (bicyclic) bond motifs is 1. The number of aromatic nitrogens is 2. The zero-order valence-electron chi connectivity index (χ0n) is 11.0. The van der Waals surface area contributed by atoms with Crippen molar-refractivity contribution in [2.75, 3.05) is 7.05 Å². The number of nitrogens with zero attached hydrogens (tertiary/aromatic N) is 2. The van der Waals surface area contributed by atoms with E-state index in [-0.39, 0.29) is 11.9 Å². The summed E-state index contributed by atoms with van der Waals surface area (Å²) in [6.07, 6.45) is 3.36. The predicted octanol–water partition coefficient (Wildman–Crippen LogP) is 3.08. The fourth-order valence-corrected chi connectivity index (χ4v) is 2.40. The zero-order chi connectivity index (χ0) is 13.9. The number of benzene rings is 2. The third-order valence-corrected chi connectivity index (χ3v) is 3.33. The van der Waals surface area contributed by atoms with Crippen molar-refractivity contribution in [2.24, 2.45) is 0 Å². The van der Waals surface area contributed by atoms with E-state index >= 15 is 0 Å². The molecule has 100 valence electrons. The van der Waals surface area contributed by atoms with E-state index in [9.17, 15) is 4.39 Å². The van der Waals surface area contributed by atoms with Gasteiger partial charge in [0.25, 0.3) is 0 Å². The molecule has 1 N–H and O–H groups in total. The van der Waals surface area contributed by atoms with Gasteiger partial charge in [-0.25, -0.2) is 4.39 Å². The van der Waals surface area contributed by atoms with Gasteiger partial charge in [-0.15, -0.1) is 0 Å². The highest BCUT2D eigenvalue weighted by molar-refractivity contribution is 5.78. The Bertz CT molecular complexity index is 720. The normalized spacial score (nSPS) is 12.5. The maximum atomic E-state index is 13.1. The van der Waals surface area contributed by atoms with E-state index in [1.165, 1.54) is 12.1 Å². The fourth-order valence-electron chi connectivity index (χ4n) is 2.40. The smallest absolute Gasteiger partial charge is 0.123 e. The number of rotatable bonds is 3. The average Bonchev–Trinajstić information content (AvgIpc) is 2.50. The predicted molar refractivity (Wildman–Crippen MR) is 76.8 cm³/mol. The number of hydrogen-bond acceptors (Lipinski definition) is 3. The second-order valence-electron chi connectivity index (χ2n) is 4.54. The van der Waals surface area contributed by atoms with Gasteiger partial charge in [0.05, 0.1) is 17.1 Å². The van der Waals surface area contributed by atoms with Gasteiger partial charge in [0.15, 0.2) is 0 Å². The summed E-state index contributed by atoms with van der Waals surface area (Å²) in [6.45, 7) is 0. The first-order chi connectivity index (χ1) is 9.79. The summed E-state index contributed by atoms with van der Waals surface area (Å²) in [4.78, 5) is 8.73. The summed E-state index contributed by atoms with van der Waals surface area (Å²) in [5.41, 5.74) is 3.74. The maximum absolute atomic E-state index is 13.1. The molecule has 0 saturated heterocycles. The molecule has 1 aromatic heterocycles. The van der Waals surface area contributed by atoms with Crippen LogP contribution in [0.3, 0.4) is 0 Å². The van der Waals surface area contributed by atoms with Crippen molar-refractivity contribution >= 4 is 11.0 Å². The van der Waals surface area contributed by atoms with E-state index in [0.29, 0.717) is 0 Å². The van der Waals surface area contributed by atoms with Gasteiger partial charge < -0.3 is 5.32 Å². The number of nitrogens with one attached hydrogen (secondary N) is 1. The molecular weight excluding hydrogens is 253 g/mol. The largest absolute Gasteiger partial charge is 0.309 e. The van der Waals surface area contributed by atoms with Crippen molar-refractivity contribution in [3.63, 3.8) is 0 Å². The number of hydrogen-bond donors (Lipinski definition) is 1. The van der Waals surface area contributed by atoms with Gasteiger partial charge >= 0.3 is 0 Å². The summed E-state index contributed by atoms with van der Waals surface area (Å²) in [5, 5.41) is 3.26. The minimum atomic E-state index is -0.235. The summed E-state index contributed by atoms with van der Waals surface area (Å²) in [5.74, 6) is -0.235. The Labute approximate surface area is 116 Å². The van der Waals surface area contributed by atoms with Crippen LogP contribution < -0.4 is 5.32 Å². The van der Waals surface area contributed by atoms with E-state index in [2.05, 4.69) is 15.3 Å². The summed E-state index contributed by atoms with van der Waals surface area (Å²) in [7, 11) is 1.88. The van der Waals surface area contributed by atoms with Gasteiger partial charge in [0.2, 0.25) is 0 Å².